The molecule has 1 fully saturated rings. The van der Waals surface area contributed by atoms with Gasteiger partial charge in [0.05, 0.1) is 6.10 Å². The SMILES string of the molecule is CCC(C)C(C)NC(=O)N1C[C@H](O)C[C@@H]1C(=O)O. The van der Waals surface area contributed by atoms with Crippen LogP contribution in [0.25, 0.3) is 0 Å². The van der Waals surface area contributed by atoms with Gasteiger partial charge in [0.1, 0.15) is 6.04 Å². The molecule has 0 aromatic rings. The topological polar surface area (TPSA) is 89.9 Å². The lowest BCUT2D eigenvalue weighted by Gasteiger charge is -2.26. The second-order valence-electron chi connectivity index (χ2n) is 5.02. The van der Waals surface area contributed by atoms with Crippen LogP contribution in [0, 0.1) is 5.92 Å². The number of aliphatic hydroxyl groups is 1. The van der Waals surface area contributed by atoms with E-state index in [2.05, 4.69) is 5.32 Å². The van der Waals surface area contributed by atoms with Gasteiger partial charge in [-0.3, -0.25) is 0 Å². The van der Waals surface area contributed by atoms with Gasteiger partial charge in [0, 0.05) is 19.0 Å². The molecule has 0 spiro atoms. The average molecular weight is 258 g/mol. The highest BCUT2D eigenvalue weighted by molar-refractivity contribution is 5.83. The molecule has 4 atom stereocenters. The largest absolute Gasteiger partial charge is 0.480 e. The van der Waals surface area contributed by atoms with E-state index in [4.69, 9.17) is 5.11 Å². The number of carbonyl (C=O) groups excluding carboxylic acids is 1. The minimum absolute atomic E-state index is 0.0188. The highest BCUT2D eigenvalue weighted by atomic mass is 16.4. The monoisotopic (exact) mass is 258 g/mol. The molecule has 1 aliphatic heterocycles. The van der Waals surface area contributed by atoms with Gasteiger partial charge in [-0.1, -0.05) is 20.3 Å². The van der Waals surface area contributed by atoms with Crippen molar-refractivity contribution in [2.24, 2.45) is 5.92 Å². The molecule has 104 valence electrons. The molecule has 18 heavy (non-hydrogen) atoms. The molecule has 1 saturated heterocycles. The summed E-state index contributed by atoms with van der Waals surface area (Å²) in [6.45, 7) is 6.04. The second-order valence-corrected chi connectivity index (χ2v) is 5.02. The Hall–Kier alpha value is -1.30. The van der Waals surface area contributed by atoms with Crippen molar-refractivity contribution in [2.45, 2.75) is 51.8 Å². The molecule has 0 radical (unpaired) electrons. The summed E-state index contributed by atoms with van der Waals surface area (Å²) in [5.74, 6) is -0.748. The molecule has 2 unspecified atom stereocenters. The van der Waals surface area contributed by atoms with Gasteiger partial charge in [0.25, 0.3) is 0 Å². The van der Waals surface area contributed by atoms with Crippen LogP contribution in [0.3, 0.4) is 0 Å². The number of hydrogen-bond donors (Lipinski definition) is 3. The van der Waals surface area contributed by atoms with Crippen molar-refractivity contribution in [3.63, 3.8) is 0 Å². The Morgan fingerprint density at radius 3 is 2.56 bits per heavy atom. The molecule has 0 aromatic heterocycles. The van der Waals surface area contributed by atoms with E-state index in [1.165, 1.54) is 4.90 Å². The maximum absolute atomic E-state index is 12.0. The van der Waals surface area contributed by atoms with Crippen LogP contribution in [0.4, 0.5) is 4.79 Å². The predicted octanol–water partition coefficient (Wildman–Crippen LogP) is 0.650. The van der Waals surface area contributed by atoms with Gasteiger partial charge in [0.2, 0.25) is 0 Å². The smallest absolute Gasteiger partial charge is 0.326 e. The molecule has 0 aliphatic carbocycles. The number of carbonyl (C=O) groups is 2. The number of aliphatic hydroxyl groups excluding tert-OH is 1. The third kappa shape index (κ3) is 3.35. The summed E-state index contributed by atoms with van der Waals surface area (Å²) < 4.78 is 0. The van der Waals surface area contributed by atoms with Crippen molar-refractivity contribution in [1.29, 1.82) is 0 Å². The first-order valence-corrected chi connectivity index (χ1v) is 6.34. The van der Waals surface area contributed by atoms with E-state index in [-0.39, 0.29) is 19.0 Å². The molecule has 1 heterocycles. The summed E-state index contributed by atoms with van der Waals surface area (Å²) in [7, 11) is 0. The van der Waals surface area contributed by atoms with Gasteiger partial charge >= 0.3 is 12.0 Å². The maximum Gasteiger partial charge on any atom is 0.326 e. The Morgan fingerprint density at radius 1 is 1.44 bits per heavy atom. The number of likely N-dealkylation sites (tertiary alicyclic amines) is 1. The lowest BCUT2D eigenvalue weighted by atomic mass is 10.0. The number of aliphatic carboxylic acids is 1. The summed E-state index contributed by atoms with van der Waals surface area (Å²) in [5, 5.41) is 21.3. The van der Waals surface area contributed by atoms with Gasteiger partial charge in [0.15, 0.2) is 0 Å². The Bertz CT molecular complexity index is 321. The van der Waals surface area contributed by atoms with Crippen LogP contribution < -0.4 is 5.32 Å². The third-order valence-electron chi connectivity index (χ3n) is 3.67. The molecular weight excluding hydrogens is 236 g/mol. The number of carboxylic acid groups (broad SMARTS) is 1. The number of carboxylic acids is 1. The second kappa shape index (κ2) is 6.04. The van der Waals surface area contributed by atoms with E-state index < -0.39 is 24.1 Å². The fourth-order valence-electron chi connectivity index (χ4n) is 2.05. The summed E-state index contributed by atoms with van der Waals surface area (Å²) >= 11 is 0. The zero-order chi connectivity index (χ0) is 13.9. The number of urea groups is 1. The fraction of sp³-hybridized carbons (Fsp3) is 0.833. The van der Waals surface area contributed by atoms with E-state index in [1.54, 1.807) is 0 Å². The van der Waals surface area contributed by atoms with Gasteiger partial charge < -0.3 is 20.4 Å². The van der Waals surface area contributed by atoms with E-state index in [0.29, 0.717) is 5.92 Å². The van der Waals surface area contributed by atoms with E-state index in [0.717, 1.165) is 6.42 Å². The van der Waals surface area contributed by atoms with Crippen LogP contribution in [-0.2, 0) is 4.79 Å². The van der Waals surface area contributed by atoms with Crippen LogP contribution in [0.5, 0.6) is 0 Å². The minimum atomic E-state index is -1.07. The van der Waals surface area contributed by atoms with Crippen LogP contribution >= 0.6 is 0 Å². The Labute approximate surface area is 107 Å². The van der Waals surface area contributed by atoms with Gasteiger partial charge in [-0.15, -0.1) is 0 Å². The van der Waals surface area contributed by atoms with Crippen LogP contribution in [0.15, 0.2) is 0 Å². The molecule has 0 bridgehead atoms. The van der Waals surface area contributed by atoms with Gasteiger partial charge in [-0.2, -0.15) is 0 Å². The molecular formula is C12H22N2O4. The quantitative estimate of drug-likeness (QED) is 0.690. The Kier molecular flexibility index (Phi) is 4.95. The average Bonchev–Trinajstić information content (AvgIpc) is 2.70. The lowest BCUT2D eigenvalue weighted by molar-refractivity contribution is -0.141. The van der Waals surface area contributed by atoms with Crippen molar-refractivity contribution in [1.82, 2.24) is 10.2 Å². The molecule has 1 aliphatic rings. The molecule has 3 N–H and O–H groups in total. The Balaban J connectivity index is 2.63. The van der Waals surface area contributed by atoms with E-state index in [1.807, 2.05) is 20.8 Å². The lowest BCUT2D eigenvalue weighted by Crippen LogP contribution is -2.49. The Morgan fingerprint density at radius 2 is 2.06 bits per heavy atom. The predicted molar refractivity (Wildman–Crippen MR) is 66.2 cm³/mol. The maximum atomic E-state index is 12.0. The standard InChI is InChI=1S/C12H22N2O4/c1-4-7(2)8(3)13-12(18)14-6-9(15)5-10(14)11(16)17/h7-10,15H,4-6H2,1-3H3,(H,13,18)(H,16,17)/t7?,8?,9-,10-/m1/s1. The molecule has 1 rings (SSSR count). The minimum Gasteiger partial charge on any atom is -0.480 e. The summed E-state index contributed by atoms with van der Waals surface area (Å²) in [4.78, 5) is 24.2. The van der Waals surface area contributed by atoms with Gasteiger partial charge in [-0.25, -0.2) is 9.59 Å². The molecule has 0 saturated carbocycles. The first kappa shape index (κ1) is 14.8. The summed E-state index contributed by atoms with van der Waals surface area (Å²) in [5.41, 5.74) is 0. The summed E-state index contributed by atoms with van der Waals surface area (Å²) in [6.07, 6.45) is 0.281. The zero-order valence-electron chi connectivity index (χ0n) is 11.1. The summed E-state index contributed by atoms with van der Waals surface area (Å²) in [6, 6.07) is -1.36. The molecule has 2 amide bonds. The number of nitrogens with one attached hydrogen (secondary N) is 1. The molecule has 0 aromatic carbocycles. The van der Waals surface area contributed by atoms with Crippen LogP contribution in [0.1, 0.15) is 33.6 Å². The highest BCUT2D eigenvalue weighted by Gasteiger charge is 2.39. The van der Waals surface area contributed by atoms with Crippen molar-refractivity contribution in [3.05, 3.63) is 0 Å². The molecule has 6 nitrogen and oxygen atoms in total. The zero-order valence-corrected chi connectivity index (χ0v) is 11.1. The number of nitrogens with zero attached hydrogens (tertiary/aromatic N) is 1. The van der Waals surface area contributed by atoms with E-state index in [9.17, 15) is 14.7 Å². The number of hydrogen-bond acceptors (Lipinski definition) is 3. The van der Waals surface area contributed by atoms with Crippen LogP contribution in [0.2, 0.25) is 0 Å². The van der Waals surface area contributed by atoms with Crippen molar-refractivity contribution >= 4 is 12.0 Å². The van der Waals surface area contributed by atoms with Crippen molar-refractivity contribution < 1.29 is 19.8 Å². The van der Waals surface area contributed by atoms with E-state index >= 15 is 0 Å². The number of rotatable bonds is 4. The number of β-amino-alcohol motifs (C(OH)–C–C–N with tert-alkyl or cyclic N) is 1. The first-order valence-electron chi connectivity index (χ1n) is 6.34. The van der Waals surface area contributed by atoms with Crippen molar-refractivity contribution in [3.8, 4) is 0 Å². The molecule has 6 heteroatoms. The van der Waals surface area contributed by atoms with Crippen LogP contribution in [-0.4, -0.2) is 51.8 Å². The third-order valence-corrected chi connectivity index (χ3v) is 3.67. The van der Waals surface area contributed by atoms with Gasteiger partial charge in [-0.05, 0) is 12.8 Å². The first-order chi connectivity index (χ1) is 8.36. The van der Waals surface area contributed by atoms with Crippen molar-refractivity contribution in [2.75, 3.05) is 6.54 Å². The number of amides is 2. The normalized spacial score (nSPS) is 26.8. The fourth-order valence-corrected chi connectivity index (χ4v) is 2.05. The highest BCUT2D eigenvalue weighted by Crippen LogP contribution is 2.18.